The first-order valence-electron chi connectivity index (χ1n) is 3.92. The second-order valence-corrected chi connectivity index (χ2v) is 4.26. The van der Waals surface area contributed by atoms with Gasteiger partial charge in [0.2, 0.25) is 0 Å². The van der Waals surface area contributed by atoms with Crippen LogP contribution in [0.2, 0.25) is 0 Å². The van der Waals surface area contributed by atoms with Crippen molar-refractivity contribution in [3.8, 4) is 0 Å². The van der Waals surface area contributed by atoms with Gasteiger partial charge in [-0.3, -0.25) is 0 Å². The molecule has 1 aromatic carbocycles. The van der Waals surface area contributed by atoms with E-state index in [-0.39, 0.29) is 0 Å². The summed E-state index contributed by atoms with van der Waals surface area (Å²) in [5.41, 5.74) is 3.34. The number of hydrogen-bond donors (Lipinski definition) is 1. The van der Waals surface area contributed by atoms with Crippen LogP contribution >= 0.6 is 34.2 Å². The van der Waals surface area contributed by atoms with Crippen molar-refractivity contribution in [1.82, 2.24) is 9.97 Å². The van der Waals surface area contributed by atoms with Gasteiger partial charge < -0.3 is 4.98 Å². The van der Waals surface area contributed by atoms with Crippen LogP contribution in [-0.2, 0) is 5.88 Å². The summed E-state index contributed by atoms with van der Waals surface area (Å²) in [6.45, 7) is 2.08. The molecule has 0 unspecified atom stereocenters. The summed E-state index contributed by atoms with van der Waals surface area (Å²) < 4.78 is 1.20. The van der Waals surface area contributed by atoms with E-state index in [1.54, 1.807) is 0 Å². The molecule has 2 rings (SSSR count). The van der Waals surface area contributed by atoms with Gasteiger partial charge in [-0.15, -0.1) is 11.6 Å². The number of nitrogens with zero attached hydrogens (tertiary/aromatic N) is 1. The molecule has 4 heteroatoms. The minimum Gasteiger partial charge on any atom is -0.341 e. The SMILES string of the molecule is Cc1ccc2[nH]c(CCl)nc2c1I. The van der Waals surface area contributed by atoms with E-state index in [0.29, 0.717) is 5.88 Å². The predicted octanol–water partition coefficient (Wildman–Crippen LogP) is 3.21. The van der Waals surface area contributed by atoms with Gasteiger partial charge in [0.15, 0.2) is 0 Å². The van der Waals surface area contributed by atoms with Crippen LogP contribution in [0.5, 0.6) is 0 Å². The Labute approximate surface area is 94.8 Å². The fraction of sp³-hybridized carbons (Fsp3) is 0.222. The Morgan fingerprint density at radius 1 is 1.54 bits per heavy atom. The molecule has 1 N–H and O–H groups in total. The number of benzene rings is 1. The smallest absolute Gasteiger partial charge is 0.122 e. The minimum absolute atomic E-state index is 0.434. The van der Waals surface area contributed by atoms with Crippen molar-refractivity contribution >= 4 is 45.2 Å². The van der Waals surface area contributed by atoms with E-state index in [4.69, 9.17) is 11.6 Å². The summed E-state index contributed by atoms with van der Waals surface area (Å²) in [5, 5.41) is 0. The van der Waals surface area contributed by atoms with E-state index in [1.807, 2.05) is 6.07 Å². The molecule has 0 saturated heterocycles. The number of alkyl halides is 1. The van der Waals surface area contributed by atoms with Gasteiger partial charge in [-0.05, 0) is 41.1 Å². The van der Waals surface area contributed by atoms with Crippen molar-refractivity contribution in [2.75, 3.05) is 0 Å². The Kier molecular flexibility index (Phi) is 2.47. The molecule has 0 aliphatic rings. The summed E-state index contributed by atoms with van der Waals surface area (Å²) in [6.07, 6.45) is 0. The van der Waals surface area contributed by atoms with Gasteiger partial charge in [0.1, 0.15) is 11.3 Å². The van der Waals surface area contributed by atoms with E-state index >= 15 is 0 Å². The summed E-state index contributed by atoms with van der Waals surface area (Å²) in [5.74, 6) is 1.27. The molecule has 0 bridgehead atoms. The third-order valence-electron chi connectivity index (χ3n) is 1.96. The summed E-state index contributed by atoms with van der Waals surface area (Å²) in [4.78, 5) is 7.56. The average Bonchev–Trinajstić information content (AvgIpc) is 2.55. The van der Waals surface area contributed by atoms with Gasteiger partial charge in [-0.2, -0.15) is 0 Å². The van der Waals surface area contributed by atoms with Crippen molar-refractivity contribution in [2.24, 2.45) is 0 Å². The van der Waals surface area contributed by atoms with Crippen LogP contribution in [-0.4, -0.2) is 9.97 Å². The fourth-order valence-electron chi connectivity index (χ4n) is 1.26. The first-order valence-corrected chi connectivity index (χ1v) is 5.53. The molecule has 0 saturated carbocycles. The molecule has 1 aromatic heterocycles. The lowest BCUT2D eigenvalue weighted by Gasteiger charge is -1.96. The van der Waals surface area contributed by atoms with E-state index in [9.17, 15) is 0 Å². The Balaban J connectivity index is 2.76. The fourth-order valence-corrected chi connectivity index (χ4v) is 1.97. The molecule has 0 atom stereocenters. The third kappa shape index (κ3) is 1.55. The Morgan fingerprint density at radius 3 is 3.00 bits per heavy atom. The van der Waals surface area contributed by atoms with Crippen molar-refractivity contribution < 1.29 is 0 Å². The number of hydrogen-bond acceptors (Lipinski definition) is 1. The highest BCUT2D eigenvalue weighted by molar-refractivity contribution is 14.1. The number of aryl methyl sites for hydroxylation is 1. The van der Waals surface area contributed by atoms with E-state index in [1.165, 1.54) is 9.13 Å². The lowest BCUT2D eigenvalue weighted by atomic mass is 10.2. The molecule has 0 amide bonds. The molecular weight excluding hydrogens is 298 g/mol. The van der Waals surface area contributed by atoms with Gasteiger partial charge >= 0.3 is 0 Å². The number of nitrogens with one attached hydrogen (secondary N) is 1. The first-order chi connectivity index (χ1) is 6.22. The molecular formula is C9H8ClIN2. The maximum Gasteiger partial charge on any atom is 0.122 e. The van der Waals surface area contributed by atoms with Gasteiger partial charge in [-0.25, -0.2) is 4.98 Å². The first kappa shape index (κ1) is 9.27. The highest BCUT2D eigenvalue weighted by Gasteiger charge is 2.06. The number of rotatable bonds is 1. The van der Waals surface area contributed by atoms with Crippen LogP contribution in [0, 0.1) is 10.5 Å². The summed E-state index contributed by atoms with van der Waals surface area (Å²) in [7, 11) is 0. The molecule has 0 spiro atoms. The Morgan fingerprint density at radius 2 is 2.31 bits per heavy atom. The van der Waals surface area contributed by atoms with Crippen LogP contribution in [0.4, 0.5) is 0 Å². The second-order valence-electron chi connectivity index (χ2n) is 2.91. The average molecular weight is 307 g/mol. The summed E-state index contributed by atoms with van der Waals surface area (Å²) in [6, 6.07) is 4.12. The molecule has 13 heavy (non-hydrogen) atoms. The zero-order valence-corrected chi connectivity index (χ0v) is 9.98. The van der Waals surface area contributed by atoms with Crippen LogP contribution < -0.4 is 0 Å². The van der Waals surface area contributed by atoms with Crippen molar-refractivity contribution in [3.05, 3.63) is 27.1 Å². The zero-order chi connectivity index (χ0) is 9.42. The second kappa shape index (κ2) is 3.46. The van der Waals surface area contributed by atoms with Crippen LogP contribution in [0.3, 0.4) is 0 Å². The number of halogens is 2. The van der Waals surface area contributed by atoms with Crippen molar-refractivity contribution in [2.45, 2.75) is 12.8 Å². The normalized spacial score (nSPS) is 11.0. The molecule has 2 nitrogen and oxygen atoms in total. The van der Waals surface area contributed by atoms with Gasteiger partial charge in [0, 0.05) is 3.57 Å². The minimum atomic E-state index is 0.434. The van der Waals surface area contributed by atoms with Crippen molar-refractivity contribution in [1.29, 1.82) is 0 Å². The lowest BCUT2D eigenvalue weighted by Crippen LogP contribution is -1.81. The molecule has 68 valence electrons. The molecule has 2 aromatic rings. The van der Waals surface area contributed by atoms with Gasteiger partial charge in [0.25, 0.3) is 0 Å². The zero-order valence-electron chi connectivity index (χ0n) is 7.06. The number of H-pyrrole nitrogens is 1. The molecule has 0 fully saturated rings. The van der Waals surface area contributed by atoms with E-state index in [2.05, 4.69) is 45.5 Å². The Hall–Kier alpha value is -0.290. The van der Waals surface area contributed by atoms with Gasteiger partial charge in [0.05, 0.1) is 11.4 Å². The quantitative estimate of drug-likeness (QED) is 0.636. The van der Waals surface area contributed by atoms with Crippen LogP contribution in [0.15, 0.2) is 12.1 Å². The largest absolute Gasteiger partial charge is 0.341 e. The molecule has 1 heterocycles. The standard InChI is InChI=1S/C9H8ClIN2/c1-5-2-3-6-9(8(5)11)13-7(4-10)12-6/h2-3H,4H2,1H3,(H,12,13). The Bertz CT molecular complexity index is 450. The molecule has 0 radical (unpaired) electrons. The number of aromatic amines is 1. The number of fused-ring (bicyclic) bond motifs is 1. The highest BCUT2D eigenvalue weighted by Crippen LogP contribution is 2.22. The van der Waals surface area contributed by atoms with E-state index < -0.39 is 0 Å². The predicted molar refractivity (Wildman–Crippen MR) is 63.1 cm³/mol. The van der Waals surface area contributed by atoms with Crippen molar-refractivity contribution in [3.63, 3.8) is 0 Å². The van der Waals surface area contributed by atoms with Gasteiger partial charge in [-0.1, -0.05) is 6.07 Å². The maximum absolute atomic E-state index is 5.69. The number of aromatic nitrogens is 2. The maximum atomic E-state index is 5.69. The van der Waals surface area contributed by atoms with Crippen LogP contribution in [0.1, 0.15) is 11.4 Å². The van der Waals surface area contributed by atoms with E-state index in [0.717, 1.165) is 16.9 Å². The monoisotopic (exact) mass is 306 g/mol. The summed E-state index contributed by atoms with van der Waals surface area (Å²) >= 11 is 8.00. The molecule has 0 aliphatic carbocycles. The lowest BCUT2D eigenvalue weighted by molar-refractivity contribution is 1.13. The third-order valence-corrected chi connectivity index (χ3v) is 3.58. The number of imidazole rings is 1. The van der Waals surface area contributed by atoms with Crippen LogP contribution in [0.25, 0.3) is 11.0 Å². The highest BCUT2D eigenvalue weighted by atomic mass is 127. The molecule has 0 aliphatic heterocycles. The topological polar surface area (TPSA) is 28.7 Å².